The van der Waals surface area contributed by atoms with Crippen molar-refractivity contribution in [1.82, 2.24) is 25.0 Å². The number of nitrogens with one attached hydrogen (secondary N) is 1. The fourth-order valence-electron chi connectivity index (χ4n) is 3.17. The number of rotatable bonds is 5. The molecule has 0 aliphatic carbocycles. The Morgan fingerprint density at radius 1 is 1.19 bits per heavy atom. The third-order valence-corrected chi connectivity index (χ3v) is 4.62. The van der Waals surface area contributed by atoms with E-state index in [-0.39, 0.29) is 24.0 Å². The fourth-order valence-corrected chi connectivity index (χ4v) is 3.17. The van der Waals surface area contributed by atoms with Crippen LogP contribution in [-0.2, 0) is 13.1 Å². The molecule has 0 bridgehead atoms. The summed E-state index contributed by atoms with van der Waals surface area (Å²) in [5.41, 5.74) is 2.80. The normalized spacial score (nSPS) is 14.7. The van der Waals surface area contributed by atoms with Crippen molar-refractivity contribution in [2.24, 2.45) is 4.99 Å². The van der Waals surface area contributed by atoms with Gasteiger partial charge in [-0.1, -0.05) is 42.0 Å². The molecule has 0 unspecified atom stereocenters. The van der Waals surface area contributed by atoms with E-state index in [1.807, 2.05) is 4.57 Å². The quantitative estimate of drug-likeness (QED) is 0.404. The van der Waals surface area contributed by atoms with Crippen molar-refractivity contribution in [3.63, 3.8) is 0 Å². The summed E-state index contributed by atoms with van der Waals surface area (Å²) in [6.07, 6.45) is 6.24. The molecule has 0 radical (unpaired) electrons. The van der Waals surface area contributed by atoms with Gasteiger partial charge in [0.1, 0.15) is 12.9 Å². The summed E-state index contributed by atoms with van der Waals surface area (Å²) in [5, 5.41) is 11.6. The number of hydrogen-bond donors (Lipinski definition) is 1. The van der Waals surface area contributed by atoms with Crippen LogP contribution in [0.5, 0.6) is 0 Å². The molecule has 0 atom stereocenters. The molecular weight excluding hydrogens is 451 g/mol. The Balaban J connectivity index is 0.00000261. The second-order valence-electron chi connectivity index (χ2n) is 6.40. The van der Waals surface area contributed by atoms with Crippen molar-refractivity contribution >= 4 is 36.0 Å². The van der Waals surface area contributed by atoms with E-state index >= 15 is 0 Å². The van der Waals surface area contributed by atoms with Crippen LogP contribution in [-0.4, -0.2) is 45.3 Å². The Labute approximate surface area is 178 Å². The topological polar surface area (TPSA) is 58.3 Å². The van der Waals surface area contributed by atoms with Gasteiger partial charge in [0.05, 0.1) is 0 Å². The predicted octanol–water partition coefficient (Wildman–Crippen LogP) is 3.56. The summed E-state index contributed by atoms with van der Waals surface area (Å²) in [7, 11) is 0. The minimum absolute atomic E-state index is 0. The highest BCUT2D eigenvalue weighted by Crippen LogP contribution is 2.19. The van der Waals surface area contributed by atoms with Crippen molar-refractivity contribution in [3.8, 4) is 0 Å². The zero-order chi connectivity index (χ0) is 18.2. The number of guanidine groups is 1. The summed E-state index contributed by atoms with van der Waals surface area (Å²) in [6.45, 7) is 8.46. The molecule has 1 N–H and O–H groups in total. The fraction of sp³-hybridized carbons (Fsp3) is 0.450. The largest absolute Gasteiger partial charge is 0.357 e. The number of nitrogens with zero attached hydrogens (tertiary/aromatic N) is 5. The van der Waals surface area contributed by atoms with E-state index in [4.69, 9.17) is 4.99 Å². The Bertz CT molecular complexity index is 743. The van der Waals surface area contributed by atoms with Crippen molar-refractivity contribution in [3.05, 3.63) is 53.6 Å². The van der Waals surface area contributed by atoms with Crippen LogP contribution in [0.3, 0.4) is 0 Å². The first-order valence-corrected chi connectivity index (χ1v) is 9.44. The van der Waals surface area contributed by atoms with Gasteiger partial charge in [-0.25, -0.2) is 4.99 Å². The maximum atomic E-state index is 4.79. The molecule has 1 aromatic heterocycles. The number of likely N-dealkylation sites (tertiary alicyclic amines) is 1. The molecule has 3 rings (SSSR count). The number of hydrogen-bond acceptors (Lipinski definition) is 3. The lowest BCUT2D eigenvalue weighted by Gasteiger charge is -2.31. The van der Waals surface area contributed by atoms with E-state index in [9.17, 15) is 0 Å². The van der Waals surface area contributed by atoms with Crippen LogP contribution >= 0.6 is 24.0 Å². The lowest BCUT2D eigenvalue weighted by Crippen LogP contribution is -2.44. The molecule has 0 amide bonds. The molecule has 1 aliphatic rings. The zero-order valence-electron chi connectivity index (χ0n) is 16.1. The summed E-state index contributed by atoms with van der Waals surface area (Å²) in [4.78, 5) is 7.13. The van der Waals surface area contributed by atoms with E-state index in [1.54, 1.807) is 6.33 Å². The highest BCUT2D eigenvalue weighted by Gasteiger charge is 2.17. The van der Waals surface area contributed by atoms with Crippen molar-refractivity contribution in [2.75, 3.05) is 19.6 Å². The van der Waals surface area contributed by atoms with Crippen LogP contribution in [0.2, 0.25) is 0 Å². The first-order valence-electron chi connectivity index (χ1n) is 9.44. The van der Waals surface area contributed by atoms with Crippen molar-refractivity contribution in [2.45, 2.75) is 39.8 Å². The molecule has 1 fully saturated rings. The average Bonchev–Trinajstić information content (AvgIpc) is 3.14. The Morgan fingerprint density at radius 2 is 1.93 bits per heavy atom. The highest BCUT2D eigenvalue weighted by molar-refractivity contribution is 14.0. The number of benzene rings is 1. The van der Waals surface area contributed by atoms with Gasteiger partial charge in [-0.15, -0.1) is 34.2 Å². The Morgan fingerprint density at radius 3 is 2.59 bits per heavy atom. The smallest absolute Gasteiger partial charge is 0.194 e. The zero-order valence-corrected chi connectivity index (χ0v) is 18.5. The third kappa shape index (κ3) is 6.05. The van der Waals surface area contributed by atoms with Gasteiger partial charge < -0.3 is 14.8 Å². The van der Waals surface area contributed by atoms with Crippen LogP contribution in [0.4, 0.5) is 0 Å². The molecule has 1 saturated heterocycles. The molecule has 2 aromatic rings. The number of aryl methyl sites for hydroxylation is 1. The van der Waals surface area contributed by atoms with Crippen molar-refractivity contribution < 1.29 is 0 Å². The molecule has 6 nitrogen and oxygen atoms in total. The minimum atomic E-state index is 0. The van der Waals surface area contributed by atoms with Gasteiger partial charge in [0, 0.05) is 26.2 Å². The number of halogens is 1. The monoisotopic (exact) mass is 480 g/mol. The van der Waals surface area contributed by atoms with Gasteiger partial charge in [-0.05, 0) is 32.3 Å². The molecule has 2 heterocycles. The van der Waals surface area contributed by atoms with Gasteiger partial charge >= 0.3 is 0 Å². The summed E-state index contributed by atoms with van der Waals surface area (Å²) < 4.78 is 2.03. The summed E-state index contributed by atoms with van der Waals surface area (Å²) >= 11 is 0. The molecule has 0 saturated carbocycles. The van der Waals surface area contributed by atoms with E-state index in [0.29, 0.717) is 6.54 Å². The van der Waals surface area contributed by atoms with Crippen LogP contribution < -0.4 is 5.32 Å². The van der Waals surface area contributed by atoms with E-state index in [0.717, 1.165) is 50.8 Å². The summed E-state index contributed by atoms with van der Waals surface area (Å²) in [5.74, 6) is 1.88. The van der Waals surface area contributed by atoms with E-state index in [2.05, 4.69) is 70.7 Å². The molecule has 1 aliphatic heterocycles. The maximum Gasteiger partial charge on any atom is 0.194 e. The molecule has 146 valence electrons. The van der Waals surface area contributed by atoms with Crippen LogP contribution in [0, 0.1) is 0 Å². The number of aliphatic imine (C=N–C) groups is 1. The Hall–Kier alpha value is -1.90. The standard InChI is InChI=1S/C20H28N6.HI/c1-3-21-20(22-15-19-24-23-16-25(19)4-2)26-12-10-18(11-13-26)14-17-8-6-5-7-9-17;/h5-9,14,16H,3-4,10-13,15H2,1-2H3,(H,21,22);1H. The number of piperidine rings is 1. The van der Waals surface area contributed by atoms with Gasteiger partial charge in [0.15, 0.2) is 11.8 Å². The van der Waals surface area contributed by atoms with Crippen LogP contribution in [0.1, 0.15) is 38.1 Å². The molecule has 0 spiro atoms. The lowest BCUT2D eigenvalue weighted by atomic mass is 10.0. The van der Waals surface area contributed by atoms with E-state index < -0.39 is 0 Å². The average molecular weight is 480 g/mol. The second-order valence-corrected chi connectivity index (χ2v) is 6.40. The van der Waals surface area contributed by atoms with Crippen LogP contribution in [0.15, 0.2) is 47.2 Å². The van der Waals surface area contributed by atoms with Gasteiger partial charge in [-0.3, -0.25) is 0 Å². The van der Waals surface area contributed by atoms with Crippen LogP contribution in [0.25, 0.3) is 6.08 Å². The summed E-state index contributed by atoms with van der Waals surface area (Å²) in [6, 6.07) is 10.6. The SMILES string of the molecule is CCNC(=NCc1nncn1CC)N1CCC(=Cc2ccccc2)CC1.I. The highest BCUT2D eigenvalue weighted by atomic mass is 127. The molecule has 1 aromatic carbocycles. The third-order valence-electron chi connectivity index (χ3n) is 4.62. The Kier molecular flexibility index (Phi) is 8.77. The maximum absolute atomic E-state index is 4.79. The van der Waals surface area contributed by atoms with Gasteiger partial charge in [-0.2, -0.15) is 0 Å². The van der Waals surface area contributed by atoms with Gasteiger partial charge in [0.25, 0.3) is 0 Å². The minimum Gasteiger partial charge on any atom is -0.357 e. The molecule has 7 heteroatoms. The number of aromatic nitrogens is 3. The second kappa shape index (κ2) is 11.1. The first-order chi connectivity index (χ1) is 12.8. The van der Waals surface area contributed by atoms with E-state index in [1.165, 1.54) is 11.1 Å². The predicted molar refractivity (Wildman–Crippen MR) is 121 cm³/mol. The first kappa shape index (κ1) is 21.4. The molecular formula is C20H29IN6. The van der Waals surface area contributed by atoms with Gasteiger partial charge in [0.2, 0.25) is 0 Å². The van der Waals surface area contributed by atoms with Crippen molar-refractivity contribution in [1.29, 1.82) is 0 Å². The molecule has 27 heavy (non-hydrogen) atoms. The lowest BCUT2D eigenvalue weighted by molar-refractivity contribution is 0.375.